The van der Waals surface area contributed by atoms with Crippen LogP contribution in [0.4, 0.5) is 14.5 Å². The second-order valence-electron chi connectivity index (χ2n) is 10.2. The Hall–Kier alpha value is -3.45. The molecule has 0 N–H and O–H groups in total. The fraction of sp³-hybridized carbons (Fsp3) is 0.387. The first-order chi connectivity index (χ1) is 18.5. The van der Waals surface area contributed by atoms with Gasteiger partial charge in [-0.05, 0) is 54.8 Å². The van der Waals surface area contributed by atoms with Crippen molar-refractivity contribution < 1.29 is 18.3 Å². The average Bonchev–Trinajstić information content (AvgIpc) is 2.96. The number of piperazine rings is 1. The zero-order valence-electron chi connectivity index (χ0n) is 21.6. The van der Waals surface area contributed by atoms with Crippen molar-refractivity contribution in [3.05, 3.63) is 96.1 Å². The van der Waals surface area contributed by atoms with E-state index in [-0.39, 0.29) is 29.6 Å². The first-order valence-corrected chi connectivity index (χ1v) is 13.5. The Labute approximate surface area is 223 Å². The molecular formula is C31H35F2N3O2. The van der Waals surface area contributed by atoms with Crippen LogP contribution in [0.5, 0.6) is 5.75 Å². The zero-order valence-corrected chi connectivity index (χ0v) is 21.6. The molecule has 1 amide bonds. The van der Waals surface area contributed by atoms with Gasteiger partial charge in [0.2, 0.25) is 5.91 Å². The molecule has 5 rings (SSSR count). The van der Waals surface area contributed by atoms with E-state index in [1.807, 2.05) is 35.2 Å². The second-order valence-corrected chi connectivity index (χ2v) is 10.2. The molecule has 2 aliphatic heterocycles. The number of likely N-dealkylation sites (tertiary alicyclic amines) is 1. The minimum atomic E-state index is -0.313. The van der Waals surface area contributed by atoms with Crippen molar-refractivity contribution in [3.8, 4) is 5.75 Å². The van der Waals surface area contributed by atoms with Gasteiger partial charge in [-0.1, -0.05) is 36.4 Å². The van der Waals surface area contributed by atoms with Crippen molar-refractivity contribution in [2.24, 2.45) is 5.92 Å². The van der Waals surface area contributed by atoms with Crippen LogP contribution in [0.2, 0.25) is 0 Å². The number of carbonyl (C=O) groups is 1. The fourth-order valence-electron chi connectivity index (χ4n) is 5.51. The third-order valence-corrected chi connectivity index (χ3v) is 7.71. The molecule has 0 bridgehead atoms. The number of hydrogen-bond donors (Lipinski definition) is 0. The number of carbonyl (C=O) groups excluding carboxylic acids is 1. The average molecular weight is 520 g/mol. The van der Waals surface area contributed by atoms with Gasteiger partial charge < -0.3 is 14.5 Å². The molecule has 38 heavy (non-hydrogen) atoms. The van der Waals surface area contributed by atoms with E-state index in [1.54, 1.807) is 12.1 Å². The summed E-state index contributed by atoms with van der Waals surface area (Å²) in [6.07, 6.45) is 2.02. The lowest BCUT2D eigenvalue weighted by Gasteiger charge is -2.38. The number of nitrogens with zero attached hydrogens (tertiary/aromatic N) is 3. The molecule has 2 heterocycles. The summed E-state index contributed by atoms with van der Waals surface area (Å²) < 4.78 is 33.3. The highest BCUT2D eigenvalue weighted by atomic mass is 19.1. The normalized spacial score (nSPS) is 17.8. The summed E-state index contributed by atoms with van der Waals surface area (Å²) in [4.78, 5) is 19.6. The van der Waals surface area contributed by atoms with Gasteiger partial charge in [0.15, 0.2) is 0 Å². The van der Waals surface area contributed by atoms with E-state index in [9.17, 15) is 13.6 Å². The van der Waals surface area contributed by atoms with E-state index in [0.717, 1.165) is 56.8 Å². The van der Waals surface area contributed by atoms with E-state index < -0.39 is 0 Å². The highest BCUT2D eigenvalue weighted by Gasteiger charge is 2.31. The molecule has 1 atom stereocenters. The van der Waals surface area contributed by atoms with Gasteiger partial charge in [-0.3, -0.25) is 9.69 Å². The summed E-state index contributed by atoms with van der Waals surface area (Å²) in [5.41, 5.74) is 2.11. The number of hydrogen-bond acceptors (Lipinski definition) is 4. The number of ether oxygens (including phenoxy) is 1. The molecule has 0 radical (unpaired) electrons. The highest BCUT2D eigenvalue weighted by Crippen LogP contribution is 2.35. The molecule has 1 unspecified atom stereocenters. The van der Waals surface area contributed by atoms with E-state index in [1.165, 1.54) is 24.3 Å². The minimum absolute atomic E-state index is 0.187. The first kappa shape index (κ1) is 26.2. The molecule has 2 fully saturated rings. The smallest absolute Gasteiger partial charge is 0.223 e. The minimum Gasteiger partial charge on any atom is -0.485 e. The molecule has 3 aromatic carbocycles. The van der Waals surface area contributed by atoms with Crippen molar-refractivity contribution in [2.45, 2.75) is 25.4 Å². The first-order valence-electron chi connectivity index (χ1n) is 13.5. The van der Waals surface area contributed by atoms with Gasteiger partial charge in [0, 0.05) is 69.9 Å². The van der Waals surface area contributed by atoms with Crippen LogP contribution in [0.3, 0.4) is 0 Å². The van der Waals surface area contributed by atoms with E-state index >= 15 is 0 Å². The standard InChI is InChI=1S/C31H35F2N3O2/c32-26-9-11-28(12-10-26)35-21-19-34(20-22-35)16-15-30(37)36-17-13-25(14-18-36)31(24-5-2-1-3-6-24)38-29-8-4-7-27(33)23-29/h1-12,23,25,31H,13-22H2. The Bertz CT molecular complexity index is 1180. The van der Waals surface area contributed by atoms with Crippen LogP contribution in [0.1, 0.15) is 30.9 Å². The maximum atomic E-state index is 13.8. The van der Waals surface area contributed by atoms with E-state index in [2.05, 4.69) is 21.9 Å². The molecule has 0 aromatic heterocycles. The van der Waals surface area contributed by atoms with Crippen molar-refractivity contribution in [3.63, 3.8) is 0 Å². The third-order valence-electron chi connectivity index (χ3n) is 7.71. The molecule has 7 heteroatoms. The van der Waals surface area contributed by atoms with Crippen LogP contribution >= 0.6 is 0 Å². The monoisotopic (exact) mass is 519 g/mol. The summed E-state index contributed by atoms with van der Waals surface area (Å²) >= 11 is 0. The van der Waals surface area contributed by atoms with Gasteiger partial charge in [-0.2, -0.15) is 0 Å². The lowest BCUT2D eigenvalue weighted by atomic mass is 9.87. The molecule has 3 aromatic rings. The van der Waals surface area contributed by atoms with Gasteiger partial charge in [-0.25, -0.2) is 8.78 Å². The molecule has 0 saturated carbocycles. The number of anilines is 1. The number of benzene rings is 3. The fourth-order valence-corrected chi connectivity index (χ4v) is 5.51. The molecule has 0 spiro atoms. The quantitative estimate of drug-likeness (QED) is 0.392. The van der Waals surface area contributed by atoms with Gasteiger partial charge in [0.1, 0.15) is 23.5 Å². The van der Waals surface area contributed by atoms with Crippen molar-refractivity contribution in [1.82, 2.24) is 9.80 Å². The Morgan fingerprint density at radius 1 is 0.816 bits per heavy atom. The van der Waals surface area contributed by atoms with Gasteiger partial charge in [0.25, 0.3) is 0 Å². The largest absolute Gasteiger partial charge is 0.485 e. The summed E-state index contributed by atoms with van der Waals surface area (Å²) in [6, 6.07) is 23.0. The lowest BCUT2D eigenvalue weighted by molar-refractivity contribution is -0.133. The van der Waals surface area contributed by atoms with Crippen LogP contribution in [0.25, 0.3) is 0 Å². The Morgan fingerprint density at radius 3 is 2.21 bits per heavy atom. The number of piperidine rings is 1. The summed E-state index contributed by atoms with van der Waals surface area (Å²) in [6.45, 7) is 5.70. The summed E-state index contributed by atoms with van der Waals surface area (Å²) in [5.74, 6) is 0.434. The lowest BCUT2D eigenvalue weighted by Crippen LogP contribution is -2.48. The predicted octanol–water partition coefficient (Wildman–Crippen LogP) is 5.54. The Kier molecular flexibility index (Phi) is 8.54. The van der Waals surface area contributed by atoms with Gasteiger partial charge in [-0.15, -0.1) is 0 Å². The molecular weight excluding hydrogens is 484 g/mol. The van der Waals surface area contributed by atoms with Crippen LogP contribution in [-0.2, 0) is 4.79 Å². The molecule has 2 aliphatic rings. The SMILES string of the molecule is O=C(CCN1CCN(c2ccc(F)cc2)CC1)N1CCC(C(Oc2cccc(F)c2)c2ccccc2)CC1. The third kappa shape index (κ3) is 6.70. The molecule has 2 saturated heterocycles. The number of rotatable bonds is 8. The Balaban J connectivity index is 1.10. The number of amides is 1. The van der Waals surface area contributed by atoms with Crippen LogP contribution < -0.4 is 9.64 Å². The van der Waals surface area contributed by atoms with Crippen LogP contribution in [-0.4, -0.2) is 61.5 Å². The van der Waals surface area contributed by atoms with E-state index in [0.29, 0.717) is 25.3 Å². The summed E-state index contributed by atoms with van der Waals surface area (Å²) in [5, 5.41) is 0. The topological polar surface area (TPSA) is 36.0 Å². The van der Waals surface area contributed by atoms with Gasteiger partial charge >= 0.3 is 0 Å². The molecule has 0 aliphatic carbocycles. The predicted molar refractivity (Wildman–Crippen MR) is 145 cm³/mol. The van der Waals surface area contributed by atoms with Crippen LogP contribution in [0.15, 0.2) is 78.9 Å². The van der Waals surface area contributed by atoms with Crippen molar-refractivity contribution >= 4 is 11.6 Å². The highest BCUT2D eigenvalue weighted by molar-refractivity contribution is 5.76. The molecule has 200 valence electrons. The second kappa shape index (κ2) is 12.4. The number of halogens is 2. The van der Waals surface area contributed by atoms with Crippen LogP contribution in [0, 0.1) is 17.6 Å². The van der Waals surface area contributed by atoms with Crippen molar-refractivity contribution in [2.75, 3.05) is 50.7 Å². The molecule has 5 nitrogen and oxygen atoms in total. The van der Waals surface area contributed by atoms with Gasteiger partial charge in [0.05, 0.1) is 0 Å². The Morgan fingerprint density at radius 2 is 1.53 bits per heavy atom. The zero-order chi connectivity index (χ0) is 26.3. The van der Waals surface area contributed by atoms with Crippen molar-refractivity contribution in [1.29, 1.82) is 0 Å². The summed E-state index contributed by atoms with van der Waals surface area (Å²) in [7, 11) is 0. The maximum absolute atomic E-state index is 13.8. The maximum Gasteiger partial charge on any atom is 0.223 e. The van der Waals surface area contributed by atoms with E-state index in [4.69, 9.17) is 4.74 Å².